The number of halogens is 2. The highest BCUT2D eigenvalue weighted by Gasteiger charge is 2.37. The number of benzene rings is 3. The molecule has 150 valence electrons. The van der Waals surface area contributed by atoms with Gasteiger partial charge in [0.05, 0.1) is 16.2 Å². The number of aromatic hydroxyl groups is 1. The Morgan fingerprint density at radius 1 is 0.833 bits per heavy atom. The van der Waals surface area contributed by atoms with Gasteiger partial charge in [0.2, 0.25) is 0 Å². The zero-order valence-corrected chi connectivity index (χ0v) is 17.4. The van der Waals surface area contributed by atoms with Crippen molar-refractivity contribution in [2.75, 3.05) is 0 Å². The third-order valence-electron chi connectivity index (χ3n) is 4.86. The lowest BCUT2D eigenvalue weighted by Gasteiger charge is -2.27. The molecule has 0 amide bonds. The Bertz CT molecular complexity index is 1160. The topological polar surface area (TPSA) is 79.1 Å². The summed E-state index contributed by atoms with van der Waals surface area (Å²) < 4.78 is 0. The Labute approximate surface area is 183 Å². The quantitative estimate of drug-likeness (QED) is 0.461. The Balaban J connectivity index is 1.82. The van der Waals surface area contributed by atoms with Crippen LogP contribution < -0.4 is 0 Å². The van der Waals surface area contributed by atoms with Gasteiger partial charge in [-0.3, -0.25) is 0 Å². The van der Waals surface area contributed by atoms with Gasteiger partial charge in [0.1, 0.15) is 5.69 Å². The maximum Gasteiger partial charge on any atom is 0.192 e. The standard InChI is InChI=1S/C23H17Cl2N3O2/c1-14-7-9-17(10-8-14)23(30,16-5-3-2-4-6-16)22-26-13-20(27-28-22)15-11-18(24)21(29)19(25)12-15/h2-13,29-30H,1H3. The van der Waals surface area contributed by atoms with Gasteiger partial charge in [-0.15, -0.1) is 10.2 Å². The molecule has 0 saturated carbocycles. The monoisotopic (exact) mass is 437 g/mol. The van der Waals surface area contributed by atoms with E-state index in [1.807, 2.05) is 61.5 Å². The molecule has 1 heterocycles. The first-order valence-electron chi connectivity index (χ1n) is 9.13. The van der Waals surface area contributed by atoms with Gasteiger partial charge in [-0.1, -0.05) is 83.4 Å². The Hall–Kier alpha value is -2.99. The zero-order chi connectivity index (χ0) is 21.3. The van der Waals surface area contributed by atoms with Gasteiger partial charge >= 0.3 is 0 Å². The highest BCUT2D eigenvalue weighted by Crippen LogP contribution is 2.37. The molecule has 0 aliphatic rings. The van der Waals surface area contributed by atoms with E-state index in [0.717, 1.165) is 5.56 Å². The van der Waals surface area contributed by atoms with Crippen molar-refractivity contribution in [2.45, 2.75) is 12.5 Å². The summed E-state index contributed by atoms with van der Waals surface area (Å²) in [5, 5.41) is 30.2. The van der Waals surface area contributed by atoms with E-state index < -0.39 is 5.60 Å². The van der Waals surface area contributed by atoms with Crippen molar-refractivity contribution < 1.29 is 10.2 Å². The van der Waals surface area contributed by atoms with E-state index >= 15 is 0 Å². The predicted molar refractivity (Wildman–Crippen MR) is 117 cm³/mol. The molecule has 0 aliphatic heterocycles. The van der Waals surface area contributed by atoms with E-state index in [1.165, 1.54) is 18.3 Å². The van der Waals surface area contributed by atoms with Crippen LogP contribution in [0.2, 0.25) is 10.0 Å². The average molecular weight is 438 g/mol. The first-order chi connectivity index (χ1) is 14.4. The van der Waals surface area contributed by atoms with E-state index in [0.29, 0.717) is 22.4 Å². The first-order valence-corrected chi connectivity index (χ1v) is 9.89. The van der Waals surface area contributed by atoms with Gasteiger partial charge < -0.3 is 10.2 Å². The normalized spacial score (nSPS) is 13.1. The van der Waals surface area contributed by atoms with Crippen LogP contribution in [0.5, 0.6) is 5.75 Å². The van der Waals surface area contributed by atoms with Crippen LogP contribution >= 0.6 is 23.2 Å². The van der Waals surface area contributed by atoms with Crippen LogP contribution in [-0.2, 0) is 5.60 Å². The molecule has 4 aromatic rings. The summed E-state index contributed by atoms with van der Waals surface area (Å²) in [5.74, 6) is -0.0604. The van der Waals surface area contributed by atoms with Gasteiger partial charge in [0, 0.05) is 5.56 Å². The molecule has 30 heavy (non-hydrogen) atoms. The van der Waals surface area contributed by atoms with Crippen LogP contribution in [0, 0.1) is 6.92 Å². The van der Waals surface area contributed by atoms with E-state index in [4.69, 9.17) is 23.2 Å². The van der Waals surface area contributed by atoms with E-state index in [2.05, 4.69) is 15.2 Å². The number of phenolic OH excluding ortho intramolecular Hbond substituents is 1. The SMILES string of the molecule is Cc1ccc(C(O)(c2ccccc2)c2ncc(-c3cc(Cl)c(O)c(Cl)c3)nn2)cc1. The molecule has 4 rings (SSSR count). The minimum absolute atomic E-state index is 0.101. The molecule has 0 saturated heterocycles. The number of hydrogen-bond acceptors (Lipinski definition) is 5. The van der Waals surface area contributed by atoms with Crippen molar-refractivity contribution >= 4 is 23.2 Å². The molecular formula is C23H17Cl2N3O2. The molecule has 5 nitrogen and oxygen atoms in total. The number of aryl methyl sites for hydroxylation is 1. The number of nitrogens with zero attached hydrogens (tertiary/aromatic N) is 3. The Morgan fingerprint density at radius 2 is 1.43 bits per heavy atom. The van der Waals surface area contributed by atoms with Crippen molar-refractivity contribution in [1.82, 2.24) is 15.2 Å². The molecular weight excluding hydrogens is 421 g/mol. The fraction of sp³-hybridized carbons (Fsp3) is 0.0870. The fourth-order valence-corrected chi connectivity index (χ4v) is 3.67. The molecule has 0 spiro atoms. The molecule has 1 unspecified atom stereocenters. The van der Waals surface area contributed by atoms with Crippen molar-refractivity contribution in [1.29, 1.82) is 0 Å². The lowest BCUT2D eigenvalue weighted by Crippen LogP contribution is -2.31. The smallest absolute Gasteiger partial charge is 0.192 e. The molecule has 0 fully saturated rings. The molecule has 0 aliphatic carbocycles. The van der Waals surface area contributed by atoms with E-state index in [-0.39, 0.29) is 21.6 Å². The maximum absolute atomic E-state index is 11.8. The van der Waals surface area contributed by atoms with Crippen LogP contribution in [0.25, 0.3) is 11.3 Å². The number of hydrogen-bond donors (Lipinski definition) is 2. The minimum Gasteiger partial charge on any atom is -0.505 e. The minimum atomic E-state index is -1.58. The van der Waals surface area contributed by atoms with Gasteiger partial charge in [0.25, 0.3) is 0 Å². The highest BCUT2D eigenvalue weighted by molar-refractivity contribution is 6.37. The molecule has 2 N–H and O–H groups in total. The predicted octanol–water partition coefficient (Wildman–Crippen LogP) is 5.14. The second-order valence-corrected chi connectivity index (χ2v) is 7.71. The molecule has 7 heteroatoms. The number of phenols is 1. The second kappa shape index (κ2) is 8.03. The van der Waals surface area contributed by atoms with Crippen molar-refractivity contribution in [3.05, 3.63) is 105 Å². The molecule has 1 aromatic heterocycles. The van der Waals surface area contributed by atoms with Crippen LogP contribution in [0.1, 0.15) is 22.5 Å². The summed E-state index contributed by atoms with van der Waals surface area (Å²) in [7, 11) is 0. The van der Waals surface area contributed by atoms with Crippen molar-refractivity contribution in [3.8, 4) is 17.0 Å². The number of aliphatic hydroxyl groups is 1. The van der Waals surface area contributed by atoms with Gasteiger partial charge in [-0.25, -0.2) is 4.98 Å². The Morgan fingerprint density at radius 3 is 2.00 bits per heavy atom. The summed E-state index contributed by atoms with van der Waals surface area (Å²) >= 11 is 12.0. The molecule has 3 aromatic carbocycles. The molecule has 0 radical (unpaired) electrons. The Kier molecular flexibility index (Phi) is 5.43. The first kappa shape index (κ1) is 20.3. The third-order valence-corrected chi connectivity index (χ3v) is 5.43. The van der Waals surface area contributed by atoms with Gasteiger partial charge in [0.15, 0.2) is 17.2 Å². The highest BCUT2D eigenvalue weighted by atomic mass is 35.5. The summed E-state index contributed by atoms with van der Waals surface area (Å²) in [5.41, 5.74) is 1.70. The van der Waals surface area contributed by atoms with Crippen molar-refractivity contribution in [3.63, 3.8) is 0 Å². The van der Waals surface area contributed by atoms with Gasteiger partial charge in [-0.2, -0.15) is 0 Å². The van der Waals surface area contributed by atoms with Crippen molar-refractivity contribution in [2.24, 2.45) is 0 Å². The third kappa shape index (κ3) is 3.63. The summed E-state index contributed by atoms with van der Waals surface area (Å²) in [6.45, 7) is 1.98. The van der Waals surface area contributed by atoms with Crippen LogP contribution in [0.4, 0.5) is 0 Å². The lowest BCUT2D eigenvalue weighted by molar-refractivity contribution is 0.114. The van der Waals surface area contributed by atoms with E-state index in [9.17, 15) is 10.2 Å². The number of aromatic nitrogens is 3. The summed E-state index contributed by atoms with van der Waals surface area (Å²) in [6, 6.07) is 19.8. The van der Waals surface area contributed by atoms with Crippen LogP contribution in [0.15, 0.2) is 72.9 Å². The largest absolute Gasteiger partial charge is 0.505 e. The van der Waals surface area contributed by atoms with Crippen LogP contribution in [-0.4, -0.2) is 25.4 Å². The zero-order valence-electron chi connectivity index (χ0n) is 15.9. The van der Waals surface area contributed by atoms with E-state index in [1.54, 1.807) is 0 Å². The summed E-state index contributed by atoms with van der Waals surface area (Å²) in [4.78, 5) is 4.41. The second-order valence-electron chi connectivity index (χ2n) is 6.90. The lowest BCUT2D eigenvalue weighted by atomic mass is 9.85. The van der Waals surface area contributed by atoms with Gasteiger partial charge in [-0.05, 0) is 30.2 Å². The fourth-order valence-electron chi connectivity index (χ4n) is 3.19. The summed E-state index contributed by atoms with van der Waals surface area (Å²) in [6.07, 6.45) is 1.49. The number of rotatable bonds is 4. The molecule has 0 bridgehead atoms. The molecule has 1 atom stereocenters. The average Bonchev–Trinajstić information content (AvgIpc) is 2.78. The maximum atomic E-state index is 11.8. The van der Waals surface area contributed by atoms with Crippen LogP contribution in [0.3, 0.4) is 0 Å².